The van der Waals surface area contributed by atoms with Crippen molar-refractivity contribution >= 4 is 5.91 Å². The second-order valence-electron chi connectivity index (χ2n) is 6.13. The number of aliphatic hydroxyl groups excluding tert-OH is 1. The molecule has 2 N–H and O–H groups in total. The molecular formula is C16H20F2N2O2. The number of hydrogen-bond acceptors (Lipinski definition) is 3. The molecule has 1 saturated heterocycles. The lowest BCUT2D eigenvalue weighted by Gasteiger charge is -2.26. The second-order valence-corrected chi connectivity index (χ2v) is 6.13. The van der Waals surface area contributed by atoms with Crippen molar-refractivity contribution in [3.63, 3.8) is 0 Å². The molecule has 22 heavy (non-hydrogen) atoms. The normalized spacial score (nSPS) is 23.5. The zero-order chi connectivity index (χ0) is 15.7. The van der Waals surface area contributed by atoms with Crippen LogP contribution >= 0.6 is 0 Å². The minimum absolute atomic E-state index is 0.0116. The average Bonchev–Trinajstić information content (AvgIpc) is 3.17. The zero-order valence-corrected chi connectivity index (χ0v) is 12.3. The quantitative estimate of drug-likeness (QED) is 0.871. The minimum Gasteiger partial charge on any atom is -0.387 e. The number of benzene rings is 1. The Morgan fingerprint density at radius 2 is 2.09 bits per heavy atom. The number of carbonyl (C=O) groups is 1. The SMILES string of the molecule is O=C(NC1CC1)C1CCCN1CC(O)c1ccc(F)c(F)c1. The molecule has 120 valence electrons. The molecule has 0 aromatic heterocycles. The van der Waals surface area contributed by atoms with E-state index in [-0.39, 0.29) is 18.5 Å². The van der Waals surface area contributed by atoms with E-state index >= 15 is 0 Å². The van der Waals surface area contributed by atoms with Gasteiger partial charge in [0.2, 0.25) is 5.91 Å². The summed E-state index contributed by atoms with van der Waals surface area (Å²) in [6, 6.07) is 3.47. The number of nitrogens with one attached hydrogen (secondary N) is 1. The highest BCUT2D eigenvalue weighted by molar-refractivity contribution is 5.82. The van der Waals surface area contributed by atoms with Crippen LogP contribution < -0.4 is 5.32 Å². The van der Waals surface area contributed by atoms with Gasteiger partial charge in [0.1, 0.15) is 0 Å². The van der Waals surface area contributed by atoms with Gasteiger partial charge in [-0.25, -0.2) is 8.78 Å². The van der Waals surface area contributed by atoms with Gasteiger partial charge in [0.15, 0.2) is 11.6 Å². The van der Waals surface area contributed by atoms with E-state index in [0.29, 0.717) is 11.6 Å². The summed E-state index contributed by atoms with van der Waals surface area (Å²) in [5.41, 5.74) is 0.326. The first kappa shape index (κ1) is 15.4. The van der Waals surface area contributed by atoms with Gasteiger partial charge in [-0.3, -0.25) is 9.69 Å². The maximum atomic E-state index is 13.2. The zero-order valence-electron chi connectivity index (χ0n) is 12.3. The van der Waals surface area contributed by atoms with Crippen molar-refractivity contribution in [2.24, 2.45) is 0 Å². The molecule has 1 aromatic rings. The molecule has 3 rings (SSSR count). The molecule has 6 heteroatoms. The summed E-state index contributed by atoms with van der Waals surface area (Å²) in [7, 11) is 0. The third-order valence-corrected chi connectivity index (χ3v) is 4.33. The summed E-state index contributed by atoms with van der Waals surface area (Å²) in [5, 5.41) is 13.2. The lowest BCUT2D eigenvalue weighted by Crippen LogP contribution is -2.45. The van der Waals surface area contributed by atoms with Crippen LogP contribution in [0.3, 0.4) is 0 Å². The maximum Gasteiger partial charge on any atom is 0.237 e. The van der Waals surface area contributed by atoms with Gasteiger partial charge in [0, 0.05) is 12.6 Å². The van der Waals surface area contributed by atoms with Crippen molar-refractivity contribution in [2.45, 2.75) is 43.9 Å². The van der Waals surface area contributed by atoms with E-state index in [1.54, 1.807) is 0 Å². The molecule has 1 aromatic carbocycles. The number of β-amino-alcohol motifs (C(OH)–C–C–N with tert-alkyl or cyclic N) is 1. The third kappa shape index (κ3) is 3.44. The summed E-state index contributed by atoms with van der Waals surface area (Å²) in [6.07, 6.45) is 2.80. The lowest BCUT2D eigenvalue weighted by molar-refractivity contribution is -0.126. The van der Waals surface area contributed by atoms with Crippen molar-refractivity contribution in [3.8, 4) is 0 Å². The van der Waals surface area contributed by atoms with Crippen molar-refractivity contribution < 1.29 is 18.7 Å². The summed E-state index contributed by atoms with van der Waals surface area (Å²) >= 11 is 0. The third-order valence-electron chi connectivity index (χ3n) is 4.33. The van der Waals surface area contributed by atoms with E-state index in [2.05, 4.69) is 5.32 Å². The van der Waals surface area contributed by atoms with Crippen LogP contribution in [-0.4, -0.2) is 41.1 Å². The van der Waals surface area contributed by atoms with E-state index in [4.69, 9.17) is 0 Å². The van der Waals surface area contributed by atoms with Crippen LogP contribution in [0.4, 0.5) is 8.78 Å². The summed E-state index contributed by atoms with van der Waals surface area (Å²) in [6.45, 7) is 0.970. The second kappa shape index (κ2) is 6.30. The average molecular weight is 310 g/mol. The Bertz CT molecular complexity index is 563. The van der Waals surface area contributed by atoms with Crippen molar-refractivity contribution in [2.75, 3.05) is 13.1 Å². The number of rotatable bonds is 5. The summed E-state index contributed by atoms with van der Waals surface area (Å²) in [4.78, 5) is 14.1. The number of halogens is 2. The molecule has 1 amide bonds. The van der Waals surface area contributed by atoms with Crippen molar-refractivity contribution in [1.82, 2.24) is 10.2 Å². The molecule has 0 bridgehead atoms. The molecule has 0 radical (unpaired) electrons. The minimum atomic E-state index is -0.971. The monoisotopic (exact) mass is 310 g/mol. The van der Waals surface area contributed by atoms with E-state index in [9.17, 15) is 18.7 Å². The topological polar surface area (TPSA) is 52.6 Å². The Hall–Kier alpha value is -1.53. The number of likely N-dealkylation sites (tertiary alicyclic amines) is 1. The van der Waals surface area contributed by atoms with Gasteiger partial charge in [-0.05, 0) is 49.9 Å². The first-order chi connectivity index (χ1) is 10.5. The highest BCUT2D eigenvalue weighted by Gasteiger charge is 2.34. The molecule has 1 aliphatic heterocycles. The van der Waals surface area contributed by atoms with Crippen LogP contribution in [0.15, 0.2) is 18.2 Å². The Labute approximate surface area is 128 Å². The van der Waals surface area contributed by atoms with Crippen LogP contribution in [0.2, 0.25) is 0 Å². The van der Waals surface area contributed by atoms with Crippen LogP contribution in [0.25, 0.3) is 0 Å². The molecule has 4 nitrogen and oxygen atoms in total. The van der Waals surface area contributed by atoms with Crippen LogP contribution in [0.5, 0.6) is 0 Å². The van der Waals surface area contributed by atoms with Gasteiger partial charge < -0.3 is 10.4 Å². The summed E-state index contributed by atoms with van der Waals surface area (Å²) in [5.74, 6) is -1.89. The maximum absolute atomic E-state index is 13.2. The van der Waals surface area contributed by atoms with Crippen LogP contribution in [0, 0.1) is 11.6 Å². The fraction of sp³-hybridized carbons (Fsp3) is 0.562. The number of nitrogens with zero attached hydrogens (tertiary/aromatic N) is 1. The van der Waals surface area contributed by atoms with Gasteiger partial charge >= 0.3 is 0 Å². The molecule has 2 aliphatic rings. The first-order valence-corrected chi connectivity index (χ1v) is 7.72. The first-order valence-electron chi connectivity index (χ1n) is 7.72. The number of aliphatic hydroxyl groups is 1. The predicted octanol–water partition coefficient (Wildman–Crippen LogP) is 1.74. The van der Waals surface area contributed by atoms with Gasteiger partial charge in [0.05, 0.1) is 12.1 Å². The molecule has 0 spiro atoms. The summed E-state index contributed by atoms with van der Waals surface area (Å²) < 4.78 is 26.2. The lowest BCUT2D eigenvalue weighted by atomic mass is 10.1. The van der Waals surface area contributed by atoms with E-state index in [1.807, 2.05) is 4.90 Å². The molecule has 2 fully saturated rings. The fourth-order valence-corrected chi connectivity index (χ4v) is 2.91. The highest BCUT2D eigenvalue weighted by Crippen LogP contribution is 2.25. The highest BCUT2D eigenvalue weighted by atomic mass is 19.2. The molecule has 1 saturated carbocycles. The van der Waals surface area contributed by atoms with E-state index in [0.717, 1.165) is 44.4 Å². The predicted molar refractivity (Wildman–Crippen MR) is 77.1 cm³/mol. The fourth-order valence-electron chi connectivity index (χ4n) is 2.91. The largest absolute Gasteiger partial charge is 0.387 e. The van der Waals surface area contributed by atoms with Crippen molar-refractivity contribution in [3.05, 3.63) is 35.4 Å². The van der Waals surface area contributed by atoms with Gasteiger partial charge in [0.25, 0.3) is 0 Å². The van der Waals surface area contributed by atoms with E-state index < -0.39 is 17.7 Å². The number of hydrogen-bond donors (Lipinski definition) is 2. The van der Waals surface area contributed by atoms with Crippen LogP contribution in [0.1, 0.15) is 37.4 Å². The molecule has 1 heterocycles. The van der Waals surface area contributed by atoms with Gasteiger partial charge in [-0.15, -0.1) is 0 Å². The Balaban J connectivity index is 1.62. The Morgan fingerprint density at radius 3 is 2.77 bits per heavy atom. The molecule has 2 unspecified atom stereocenters. The molecule has 2 atom stereocenters. The smallest absolute Gasteiger partial charge is 0.237 e. The van der Waals surface area contributed by atoms with E-state index in [1.165, 1.54) is 6.07 Å². The van der Waals surface area contributed by atoms with Gasteiger partial charge in [-0.1, -0.05) is 6.07 Å². The van der Waals surface area contributed by atoms with Gasteiger partial charge in [-0.2, -0.15) is 0 Å². The number of carbonyl (C=O) groups excluding carboxylic acids is 1. The number of amides is 1. The molecule has 1 aliphatic carbocycles. The Morgan fingerprint density at radius 1 is 1.32 bits per heavy atom. The van der Waals surface area contributed by atoms with Crippen molar-refractivity contribution in [1.29, 1.82) is 0 Å². The Kier molecular flexibility index (Phi) is 4.40. The molecular weight excluding hydrogens is 290 g/mol. The standard InChI is InChI=1S/C16H20F2N2O2/c17-12-6-3-10(8-13(12)18)15(21)9-20-7-1-2-14(20)16(22)19-11-4-5-11/h3,6,8,11,14-15,21H,1-2,4-5,7,9H2,(H,19,22). The van der Waals surface area contributed by atoms with Crippen LogP contribution in [-0.2, 0) is 4.79 Å².